The van der Waals surface area contributed by atoms with Gasteiger partial charge in [0.2, 0.25) is 0 Å². The van der Waals surface area contributed by atoms with E-state index in [2.05, 4.69) is 4.98 Å². The molecule has 1 aromatic heterocycles. The third-order valence-corrected chi connectivity index (χ3v) is 3.79. The van der Waals surface area contributed by atoms with Crippen LogP contribution in [-0.2, 0) is 13.6 Å². The molecule has 2 aromatic rings. The number of hydrogen-bond acceptors (Lipinski definition) is 3. The number of nitrogens with two attached hydrogens (primary N) is 1. The van der Waals surface area contributed by atoms with Crippen LogP contribution in [0.25, 0.3) is 0 Å². The third-order valence-electron chi connectivity index (χ3n) is 2.26. The van der Waals surface area contributed by atoms with Gasteiger partial charge in [-0.1, -0.05) is 29.4 Å². The van der Waals surface area contributed by atoms with Crippen LogP contribution in [-0.4, -0.2) is 9.55 Å². The Morgan fingerprint density at radius 1 is 1.50 bits per heavy atom. The summed E-state index contributed by atoms with van der Waals surface area (Å²) in [5.74, 6) is 0. The van der Waals surface area contributed by atoms with E-state index in [9.17, 15) is 0 Å². The number of aromatic nitrogens is 2. The molecule has 0 radical (unpaired) electrons. The van der Waals surface area contributed by atoms with Gasteiger partial charge >= 0.3 is 0 Å². The Balaban J connectivity index is 2.35. The molecule has 0 atom stereocenters. The molecule has 2 N–H and O–H groups in total. The summed E-state index contributed by atoms with van der Waals surface area (Å²) < 4.78 is 1.96. The molecule has 0 aliphatic rings. The Labute approximate surface area is 104 Å². The first-order valence-electron chi connectivity index (χ1n) is 4.85. The van der Waals surface area contributed by atoms with Gasteiger partial charge in [-0.2, -0.15) is 0 Å². The quantitative estimate of drug-likeness (QED) is 0.915. The fraction of sp³-hybridized carbons (Fsp3) is 0.182. The Morgan fingerprint density at radius 2 is 2.31 bits per heavy atom. The van der Waals surface area contributed by atoms with Crippen LogP contribution in [0.2, 0.25) is 5.02 Å². The summed E-state index contributed by atoms with van der Waals surface area (Å²) in [6, 6.07) is 5.78. The van der Waals surface area contributed by atoms with E-state index in [0.717, 1.165) is 15.6 Å². The number of aryl methyl sites for hydroxylation is 1. The van der Waals surface area contributed by atoms with Crippen molar-refractivity contribution in [2.24, 2.45) is 12.8 Å². The predicted octanol–water partition coefficient (Wildman–Crippen LogP) is 2.68. The molecule has 1 aromatic carbocycles. The molecule has 16 heavy (non-hydrogen) atoms. The van der Waals surface area contributed by atoms with E-state index in [1.54, 1.807) is 18.0 Å². The fourth-order valence-corrected chi connectivity index (χ4v) is 2.67. The molecule has 0 spiro atoms. The van der Waals surface area contributed by atoms with Crippen molar-refractivity contribution in [3.05, 3.63) is 41.2 Å². The number of benzene rings is 1. The van der Waals surface area contributed by atoms with Crippen LogP contribution in [0.4, 0.5) is 0 Å². The van der Waals surface area contributed by atoms with Crippen molar-refractivity contribution >= 4 is 23.4 Å². The second-order valence-electron chi connectivity index (χ2n) is 3.34. The van der Waals surface area contributed by atoms with Gasteiger partial charge in [-0.25, -0.2) is 4.98 Å². The molecular formula is C11H12ClN3S. The molecule has 0 bridgehead atoms. The molecule has 1 heterocycles. The molecule has 0 saturated carbocycles. The minimum atomic E-state index is 0.437. The molecule has 2 rings (SSSR count). The molecule has 0 saturated heterocycles. The van der Waals surface area contributed by atoms with Gasteiger partial charge in [-0.15, -0.1) is 0 Å². The fourth-order valence-electron chi connectivity index (χ4n) is 1.38. The van der Waals surface area contributed by atoms with Crippen LogP contribution in [0.15, 0.2) is 40.6 Å². The van der Waals surface area contributed by atoms with Crippen LogP contribution in [0, 0.1) is 0 Å². The van der Waals surface area contributed by atoms with E-state index in [0.29, 0.717) is 11.6 Å². The Bertz CT molecular complexity index is 496. The summed E-state index contributed by atoms with van der Waals surface area (Å²) in [4.78, 5) is 5.32. The lowest BCUT2D eigenvalue weighted by atomic mass is 10.2. The van der Waals surface area contributed by atoms with Crippen molar-refractivity contribution in [2.45, 2.75) is 16.6 Å². The van der Waals surface area contributed by atoms with E-state index in [1.165, 1.54) is 0 Å². The zero-order valence-corrected chi connectivity index (χ0v) is 10.4. The van der Waals surface area contributed by atoms with Gasteiger partial charge in [0.25, 0.3) is 0 Å². The smallest absolute Gasteiger partial charge is 0.172 e. The molecule has 5 heteroatoms. The Hall–Kier alpha value is -0.970. The molecule has 0 amide bonds. The summed E-state index contributed by atoms with van der Waals surface area (Å²) in [5, 5.41) is 1.64. The van der Waals surface area contributed by atoms with Crippen LogP contribution < -0.4 is 5.73 Å². The summed E-state index contributed by atoms with van der Waals surface area (Å²) >= 11 is 7.66. The van der Waals surface area contributed by atoms with Crippen molar-refractivity contribution in [3.63, 3.8) is 0 Å². The SMILES string of the molecule is Cn1ccnc1Sc1cccc(Cl)c1CN. The minimum Gasteiger partial charge on any atom is -0.329 e. The third kappa shape index (κ3) is 2.24. The van der Waals surface area contributed by atoms with Crippen molar-refractivity contribution in [1.29, 1.82) is 0 Å². The number of nitrogens with zero attached hydrogens (tertiary/aromatic N) is 2. The molecule has 0 aliphatic carbocycles. The highest BCUT2D eigenvalue weighted by Crippen LogP contribution is 2.32. The van der Waals surface area contributed by atoms with Gasteiger partial charge in [0.05, 0.1) is 0 Å². The van der Waals surface area contributed by atoms with E-state index in [4.69, 9.17) is 17.3 Å². The molecular weight excluding hydrogens is 242 g/mol. The average Bonchev–Trinajstić information content (AvgIpc) is 2.65. The average molecular weight is 254 g/mol. The zero-order valence-electron chi connectivity index (χ0n) is 8.85. The van der Waals surface area contributed by atoms with Crippen molar-refractivity contribution < 1.29 is 0 Å². The highest BCUT2D eigenvalue weighted by atomic mass is 35.5. The van der Waals surface area contributed by atoms with Gasteiger partial charge in [-0.05, 0) is 17.7 Å². The topological polar surface area (TPSA) is 43.8 Å². The van der Waals surface area contributed by atoms with E-state index in [1.807, 2.05) is 36.0 Å². The van der Waals surface area contributed by atoms with Gasteiger partial charge in [0, 0.05) is 35.9 Å². The Morgan fingerprint density at radius 3 is 2.94 bits per heavy atom. The normalized spacial score (nSPS) is 10.7. The first-order valence-corrected chi connectivity index (χ1v) is 6.04. The number of hydrogen-bond donors (Lipinski definition) is 1. The van der Waals surface area contributed by atoms with Gasteiger partial charge in [0.15, 0.2) is 5.16 Å². The van der Waals surface area contributed by atoms with Gasteiger partial charge in [0.1, 0.15) is 0 Å². The highest BCUT2D eigenvalue weighted by molar-refractivity contribution is 7.99. The van der Waals surface area contributed by atoms with Crippen LogP contribution in [0.3, 0.4) is 0 Å². The summed E-state index contributed by atoms with van der Waals surface area (Å²) in [6.45, 7) is 0.437. The molecule has 0 aliphatic heterocycles. The number of rotatable bonds is 3. The maximum Gasteiger partial charge on any atom is 0.172 e. The second kappa shape index (κ2) is 4.91. The van der Waals surface area contributed by atoms with Crippen LogP contribution in [0.1, 0.15) is 5.56 Å². The van der Waals surface area contributed by atoms with E-state index >= 15 is 0 Å². The zero-order chi connectivity index (χ0) is 11.5. The summed E-state index contributed by atoms with van der Waals surface area (Å²) in [5.41, 5.74) is 6.66. The Kier molecular flexibility index (Phi) is 3.53. The lowest BCUT2D eigenvalue weighted by Gasteiger charge is -2.08. The molecule has 3 nitrogen and oxygen atoms in total. The molecule has 0 fully saturated rings. The first kappa shape index (κ1) is 11.5. The van der Waals surface area contributed by atoms with Gasteiger partial charge < -0.3 is 10.3 Å². The highest BCUT2D eigenvalue weighted by Gasteiger charge is 2.09. The predicted molar refractivity (Wildman–Crippen MR) is 66.7 cm³/mol. The lowest BCUT2D eigenvalue weighted by Crippen LogP contribution is -2.00. The monoisotopic (exact) mass is 253 g/mol. The standard InChI is InChI=1S/C11H12ClN3S/c1-15-6-5-14-11(15)16-10-4-2-3-9(12)8(10)7-13/h2-6H,7,13H2,1H3. The van der Waals surface area contributed by atoms with Crippen LogP contribution in [0.5, 0.6) is 0 Å². The van der Waals surface area contributed by atoms with Crippen molar-refractivity contribution in [1.82, 2.24) is 9.55 Å². The number of imidazole rings is 1. The lowest BCUT2D eigenvalue weighted by molar-refractivity contribution is 0.789. The maximum absolute atomic E-state index is 6.09. The number of halogens is 1. The molecule has 0 unspecified atom stereocenters. The van der Waals surface area contributed by atoms with E-state index in [-0.39, 0.29) is 0 Å². The molecule has 84 valence electrons. The van der Waals surface area contributed by atoms with Gasteiger partial charge in [-0.3, -0.25) is 0 Å². The largest absolute Gasteiger partial charge is 0.329 e. The van der Waals surface area contributed by atoms with Crippen molar-refractivity contribution in [3.8, 4) is 0 Å². The van der Waals surface area contributed by atoms with E-state index < -0.39 is 0 Å². The second-order valence-corrected chi connectivity index (χ2v) is 4.76. The summed E-state index contributed by atoms with van der Waals surface area (Å²) in [6.07, 6.45) is 3.68. The first-order chi connectivity index (χ1) is 7.72. The summed E-state index contributed by atoms with van der Waals surface area (Å²) in [7, 11) is 1.96. The minimum absolute atomic E-state index is 0.437. The van der Waals surface area contributed by atoms with Crippen LogP contribution >= 0.6 is 23.4 Å². The van der Waals surface area contributed by atoms with Crippen molar-refractivity contribution in [2.75, 3.05) is 0 Å². The maximum atomic E-state index is 6.09.